The average Bonchev–Trinajstić information content (AvgIpc) is 2.27. The Hall–Kier alpha value is -0.0800. The van der Waals surface area contributed by atoms with Crippen molar-refractivity contribution in [3.8, 4) is 0 Å². The van der Waals surface area contributed by atoms with Gasteiger partial charge >= 0.3 is 0 Å². The van der Waals surface area contributed by atoms with Gasteiger partial charge in [-0.2, -0.15) is 0 Å². The van der Waals surface area contributed by atoms with Crippen LogP contribution < -0.4 is 0 Å². The minimum Gasteiger partial charge on any atom is -0.229 e. The second kappa shape index (κ2) is 3.49. The molecule has 1 rings (SSSR count). The molecular weight excluding hydrogens is 214 g/mol. The molecule has 0 aromatic carbocycles. The van der Waals surface area contributed by atoms with Crippen molar-refractivity contribution in [3.05, 3.63) is 15.0 Å². The van der Waals surface area contributed by atoms with Gasteiger partial charge in [-0.15, -0.1) is 11.3 Å². The third kappa shape index (κ3) is 2.48. The van der Waals surface area contributed by atoms with Gasteiger partial charge in [-0.25, -0.2) is 4.98 Å². The minimum absolute atomic E-state index is 0.0950. The first-order chi connectivity index (χ1) is 6.12. The smallest absolute Gasteiger partial charge is 0.144 e. The summed E-state index contributed by atoms with van der Waals surface area (Å²) in [5.74, 6) is 0. The fourth-order valence-corrected chi connectivity index (χ4v) is 2.69. The highest BCUT2D eigenvalue weighted by atomic mass is 35.5. The second-order valence-corrected chi connectivity index (χ2v) is 7.00. The Labute approximate surface area is 95.5 Å². The quantitative estimate of drug-likeness (QED) is 0.645. The SMILES string of the molecule is CC(C)(C)c1nc(Cl)c(C(C)(C)C)s1. The molecule has 0 fully saturated rings. The van der Waals surface area contributed by atoms with E-state index in [1.807, 2.05) is 0 Å². The lowest BCUT2D eigenvalue weighted by Gasteiger charge is -2.16. The van der Waals surface area contributed by atoms with Crippen LogP contribution in [0.5, 0.6) is 0 Å². The summed E-state index contributed by atoms with van der Waals surface area (Å²) in [4.78, 5) is 5.62. The van der Waals surface area contributed by atoms with Crippen LogP contribution in [0.1, 0.15) is 51.4 Å². The lowest BCUT2D eigenvalue weighted by atomic mass is 9.95. The predicted octanol–water partition coefficient (Wildman–Crippen LogP) is 4.39. The van der Waals surface area contributed by atoms with E-state index in [0.29, 0.717) is 5.15 Å². The Bertz CT molecular complexity index is 328. The van der Waals surface area contributed by atoms with Gasteiger partial charge in [-0.1, -0.05) is 53.1 Å². The van der Waals surface area contributed by atoms with Gasteiger partial charge in [-0.3, -0.25) is 0 Å². The van der Waals surface area contributed by atoms with Crippen LogP contribution >= 0.6 is 22.9 Å². The number of halogens is 1. The maximum atomic E-state index is 6.13. The molecular formula is C11H18ClNS. The summed E-state index contributed by atoms with van der Waals surface area (Å²) < 4.78 is 0. The van der Waals surface area contributed by atoms with E-state index in [2.05, 4.69) is 46.5 Å². The molecule has 14 heavy (non-hydrogen) atoms. The number of aromatic nitrogens is 1. The maximum Gasteiger partial charge on any atom is 0.144 e. The van der Waals surface area contributed by atoms with E-state index < -0.39 is 0 Å². The molecule has 0 radical (unpaired) electrons. The van der Waals surface area contributed by atoms with Gasteiger partial charge in [0, 0.05) is 10.3 Å². The van der Waals surface area contributed by atoms with Gasteiger partial charge in [0.25, 0.3) is 0 Å². The molecule has 0 saturated carbocycles. The molecule has 1 aromatic rings. The van der Waals surface area contributed by atoms with Gasteiger partial charge in [0.2, 0.25) is 0 Å². The predicted molar refractivity (Wildman–Crippen MR) is 64.5 cm³/mol. The molecule has 1 nitrogen and oxygen atoms in total. The van der Waals surface area contributed by atoms with E-state index in [4.69, 9.17) is 11.6 Å². The molecule has 0 saturated heterocycles. The molecule has 0 atom stereocenters. The van der Waals surface area contributed by atoms with Crippen molar-refractivity contribution in [1.82, 2.24) is 4.98 Å². The molecule has 80 valence electrons. The van der Waals surface area contributed by atoms with E-state index in [1.54, 1.807) is 11.3 Å². The number of nitrogens with zero attached hydrogens (tertiary/aromatic N) is 1. The number of rotatable bonds is 0. The first-order valence-electron chi connectivity index (χ1n) is 4.79. The van der Waals surface area contributed by atoms with E-state index in [0.717, 1.165) is 5.01 Å². The Morgan fingerprint density at radius 1 is 1.00 bits per heavy atom. The van der Waals surface area contributed by atoms with E-state index in [1.165, 1.54) is 4.88 Å². The Balaban J connectivity index is 3.19. The van der Waals surface area contributed by atoms with Crippen molar-refractivity contribution in [2.24, 2.45) is 0 Å². The van der Waals surface area contributed by atoms with Crippen molar-refractivity contribution < 1.29 is 0 Å². The van der Waals surface area contributed by atoms with E-state index in [-0.39, 0.29) is 10.8 Å². The Morgan fingerprint density at radius 2 is 1.50 bits per heavy atom. The lowest BCUT2D eigenvalue weighted by Crippen LogP contribution is -2.10. The first-order valence-corrected chi connectivity index (χ1v) is 5.99. The number of thiazole rings is 1. The van der Waals surface area contributed by atoms with E-state index in [9.17, 15) is 0 Å². The highest BCUT2D eigenvalue weighted by Crippen LogP contribution is 2.38. The van der Waals surface area contributed by atoms with Crippen LogP contribution in [0.2, 0.25) is 5.15 Å². The molecule has 1 aromatic heterocycles. The third-order valence-electron chi connectivity index (χ3n) is 1.91. The van der Waals surface area contributed by atoms with Crippen LogP contribution in [0.15, 0.2) is 0 Å². The van der Waals surface area contributed by atoms with Crippen LogP contribution in [0.4, 0.5) is 0 Å². The summed E-state index contributed by atoms with van der Waals surface area (Å²) in [6.45, 7) is 13.0. The molecule has 0 spiro atoms. The van der Waals surface area contributed by atoms with Gasteiger partial charge in [-0.05, 0) is 5.41 Å². The second-order valence-electron chi connectivity index (χ2n) is 5.64. The zero-order chi connectivity index (χ0) is 11.1. The molecule has 3 heteroatoms. The highest BCUT2D eigenvalue weighted by molar-refractivity contribution is 7.12. The Kier molecular flexibility index (Phi) is 2.99. The van der Waals surface area contributed by atoms with Crippen LogP contribution in [0.25, 0.3) is 0 Å². The minimum atomic E-state index is 0.0950. The fraction of sp³-hybridized carbons (Fsp3) is 0.727. The van der Waals surface area contributed by atoms with Crippen LogP contribution in [-0.4, -0.2) is 4.98 Å². The molecule has 0 N–H and O–H groups in total. The molecule has 1 heterocycles. The molecule has 0 unspecified atom stereocenters. The summed E-state index contributed by atoms with van der Waals surface area (Å²) in [6.07, 6.45) is 0. The van der Waals surface area contributed by atoms with Crippen molar-refractivity contribution in [1.29, 1.82) is 0 Å². The molecule has 0 aliphatic carbocycles. The molecule has 0 amide bonds. The largest absolute Gasteiger partial charge is 0.229 e. The summed E-state index contributed by atoms with van der Waals surface area (Å²) in [5, 5.41) is 1.79. The summed E-state index contributed by atoms with van der Waals surface area (Å²) in [6, 6.07) is 0. The Morgan fingerprint density at radius 3 is 1.71 bits per heavy atom. The number of hydrogen-bond acceptors (Lipinski definition) is 2. The normalized spacial score (nSPS) is 13.4. The van der Waals surface area contributed by atoms with E-state index >= 15 is 0 Å². The third-order valence-corrected chi connectivity index (χ3v) is 4.20. The van der Waals surface area contributed by atoms with Gasteiger partial charge in [0.05, 0.1) is 5.01 Å². The summed E-state index contributed by atoms with van der Waals surface area (Å²) in [7, 11) is 0. The maximum absolute atomic E-state index is 6.13. The standard InChI is InChI=1S/C11H18ClNS/c1-10(2,3)7-8(12)13-9(14-7)11(4,5)6/h1-6H3. The molecule has 0 aliphatic rings. The zero-order valence-electron chi connectivity index (χ0n) is 9.73. The lowest BCUT2D eigenvalue weighted by molar-refractivity contribution is 0.585. The van der Waals surface area contributed by atoms with Crippen molar-refractivity contribution >= 4 is 22.9 Å². The van der Waals surface area contributed by atoms with Crippen molar-refractivity contribution in [3.63, 3.8) is 0 Å². The summed E-state index contributed by atoms with van der Waals surface area (Å²) in [5.41, 5.74) is 0.191. The van der Waals surface area contributed by atoms with Gasteiger partial charge < -0.3 is 0 Å². The average molecular weight is 232 g/mol. The summed E-state index contributed by atoms with van der Waals surface area (Å²) >= 11 is 7.87. The topological polar surface area (TPSA) is 12.9 Å². The van der Waals surface area contributed by atoms with Crippen LogP contribution in [0.3, 0.4) is 0 Å². The fourth-order valence-electron chi connectivity index (χ4n) is 1.08. The van der Waals surface area contributed by atoms with Gasteiger partial charge in [0.1, 0.15) is 5.15 Å². The zero-order valence-corrected chi connectivity index (χ0v) is 11.3. The van der Waals surface area contributed by atoms with Crippen molar-refractivity contribution in [2.45, 2.75) is 52.4 Å². The first kappa shape index (κ1) is 12.0. The molecule has 0 aliphatic heterocycles. The highest BCUT2D eigenvalue weighted by Gasteiger charge is 2.26. The number of hydrogen-bond donors (Lipinski definition) is 0. The van der Waals surface area contributed by atoms with Gasteiger partial charge in [0.15, 0.2) is 0 Å². The monoisotopic (exact) mass is 231 g/mol. The van der Waals surface area contributed by atoms with Crippen molar-refractivity contribution in [2.75, 3.05) is 0 Å². The van der Waals surface area contributed by atoms with Crippen LogP contribution in [-0.2, 0) is 10.8 Å². The molecule has 0 bridgehead atoms. The van der Waals surface area contributed by atoms with Crippen LogP contribution in [0, 0.1) is 0 Å².